The smallest absolute Gasteiger partial charge is 0.387 e. The van der Waals surface area contributed by atoms with Crippen LogP contribution in [-0.2, 0) is 4.79 Å². The molecule has 0 bridgehead atoms. The van der Waals surface area contributed by atoms with Crippen molar-refractivity contribution in [2.45, 2.75) is 13.0 Å². The number of hydrogen-bond donors (Lipinski definition) is 2. The lowest BCUT2D eigenvalue weighted by Crippen LogP contribution is -2.24. The fraction of sp³-hybridized carbons (Fsp3) is 0.417. The summed E-state index contributed by atoms with van der Waals surface area (Å²) >= 11 is 0. The Bertz CT molecular complexity index is 462. The lowest BCUT2D eigenvalue weighted by molar-refractivity contribution is -0.119. The van der Waals surface area contributed by atoms with E-state index in [-0.39, 0.29) is 17.5 Å². The second-order valence-electron chi connectivity index (χ2n) is 4.20. The Kier molecular flexibility index (Phi) is 4.26. The normalized spacial score (nSPS) is 18.6. The molecule has 1 heterocycles. The van der Waals surface area contributed by atoms with Crippen LogP contribution in [0.2, 0.25) is 0 Å². The van der Waals surface area contributed by atoms with E-state index in [0.29, 0.717) is 6.54 Å². The molecule has 0 radical (unpaired) electrons. The minimum absolute atomic E-state index is 0.153. The summed E-state index contributed by atoms with van der Waals surface area (Å²) in [6, 6.07) is 3.34. The van der Waals surface area contributed by atoms with E-state index >= 15 is 0 Å². The van der Waals surface area contributed by atoms with E-state index in [4.69, 9.17) is 0 Å². The number of anilines is 1. The van der Waals surface area contributed by atoms with Crippen LogP contribution in [0.15, 0.2) is 18.2 Å². The van der Waals surface area contributed by atoms with Gasteiger partial charge in [0.1, 0.15) is 0 Å². The molecule has 1 aromatic carbocycles. The molecule has 2 N–H and O–H groups in total. The topological polar surface area (TPSA) is 50.4 Å². The third-order valence-corrected chi connectivity index (χ3v) is 2.85. The van der Waals surface area contributed by atoms with Crippen molar-refractivity contribution < 1.29 is 22.7 Å². The Morgan fingerprint density at radius 3 is 2.84 bits per heavy atom. The van der Waals surface area contributed by atoms with Crippen molar-refractivity contribution in [3.63, 3.8) is 0 Å². The number of ether oxygens (including phenoxy) is 1. The third kappa shape index (κ3) is 3.60. The maximum absolute atomic E-state index is 13.4. The number of benzene rings is 1. The van der Waals surface area contributed by atoms with Crippen LogP contribution in [0.4, 0.5) is 18.9 Å². The molecule has 1 aliphatic rings. The molecule has 104 valence electrons. The number of nitrogens with one attached hydrogen (secondary N) is 2. The molecule has 0 saturated carbocycles. The summed E-state index contributed by atoms with van der Waals surface area (Å²) in [4.78, 5) is 11.8. The minimum Gasteiger partial charge on any atom is -0.432 e. The first-order valence-corrected chi connectivity index (χ1v) is 5.82. The molecule has 19 heavy (non-hydrogen) atoms. The van der Waals surface area contributed by atoms with Gasteiger partial charge in [0, 0.05) is 18.3 Å². The van der Waals surface area contributed by atoms with Crippen molar-refractivity contribution in [2.24, 2.45) is 5.92 Å². The van der Waals surface area contributed by atoms with Crippen LogP contribution in [0.3, 0.4) is 0 Å². The van der Waals surface area contributed by atoms with Gasteiger partial charge in [-0.2, -0.15) is 8.78 Å². The summed E-state index contributed by atoms with van der Waals surface area (Å²) in [6.45, 7) is -1.73. The average Bonchev–Trinajstić information content (AvgIpc) is 2.86. The highest BCUT2D eigenvalue weighted by molar-refractivity contribution is 5.92. The number of halogens is 3. The van der Waals surface area contributed by atoms with E-state index < -0.39 is 18.2 Å². The van der Waals surface area contributed by atoms with Gasteiger partial charge in [0.25, 0.3) is 0 Å². The van der Waals surface area contributed by atoms with Crippen molar-refractivity contribution in [1.29, 1.82) is 0 Å². The predicted molar refractivity (Wildman–Crippen MR) is 62.6 cm³/mol. The van der Waals surface area contributed by atoms with Crippen LogP contribution in [0.1, 0.15) is 6.42 Å². The maximum Gasteiger partial charge on any atom is 0.387 e. The highest BCUT2D eigenvalue weighted by Crippen LogP contribution is 2.23. The second-order valence-corrected chi connectivity index (χ2v) is 4.20. The van der Waals surface area contributed by atoms with E-state index in [9.17, 15) is 18.0 Å². The zero-order valence-corrected chi connectivity index (χ0v) is 9.96. The van der Waals surface area contributed by atoms with E-state index in [1.54, 1.807) is 0 Å². The molecular formula is C12H13F3N2O2. The van der Waals surface area contributed by atoms with Gasteiger partial charge < -0.3 is 15.4 Å². The van der Waals surface area contributed by atoms with Gasteiger partial charge in [-0.15, -0.1) is 0 Å². The molecule has 1 atom stereocenters. The van der Waals surface area contributed by atoms with Gasteiger partial charge in [0.05, 0.1) is 5.92 Å². The largest absolute Gasteiger partial charge is 0.432 e. The van der Waals surface area contributed by atoms with Crippen LogP contribution in [-0.4, -0.2) is 25.6 Å². The third-order valence-electron chi connectivity index (χ3n) is 2.85. The molecule has 0 spiro atoms. The quantitative estimate of drug-likeness (QED) is 0.882. The highest BCUT2D eigenvalue weighted by atomic mass is 19.3. The molecule has 7 heteroatoms. The van der Waals surface area contributed by atoms with Crippen molar-refractivity contribution in [1.82, 2.24) is 5.32 Å². The molecule has 4 nitrogen and oxygen atoms in total. The molecule has 1 saturated heterocycles. The number of carbonyl (C=O) groups excluding carboxylic acids is 1. The summed E-state index contributed by atoms with van der Waals surface area (Å²) in [6.07, 6.45) is 0.723. The van der Waals surface area contributed by atoms with Crippen LogP contribution >= 0.6 is 0 Å². The van der Waals surface area contributed by atoms with E-state index in [0.717, 1.165) is 25.1 Å². The van der Waals surface area contributed by atoms with Crippen LogP contribution in [0.25, 0.3) is 0 Å². The number of hydrogen-bond acceptors (Lipinski definition) is 3. The SMILES string of the molecule is O=C(Nc1ccc(OC(F)F)c(F)c1)C1CCNC1. The fourth-order valence-electron chi connectivity index (χ4n) is 1.89. The lowest BCUT2D eigenvalue weighted by atomic mass is 10.1. The first-order valence-electron chi connectivity index (χ1n) is 5.82. The molecule has 1 unspecified atom stereocenters. The number of amides is 1. The van der Waals surface area contributed by atoms with Gasteiger partial charge in [-0.1, -0.05) is 0 Å². The molecule has 1 amide bonds. The van der Waals surface area contributed by atoms with Gasteiger partial charge in [-0.25, -0.2) is 4.39 Å². The Balaban J connectivity index is 2.01. The van der Waals surface area contributed by atoms with Crippen molar-refractivity contribution in [3.8, 4) is 5.75 Å². The molecule has 1 aromatic rings. The van der Waals surface area contributed by atoms with Gasteiger partial charge in [-0.05, 0) is 25.1 Å². The van der Waals surface area contributed by atoms with Gasteiger partial charge in [0.2, 0.25) is 5.91 Å². The zero-order chi connectivity index (χ0) is 13.8. The molecule has 1 fully saturated rings. The van der Waals surface area contributed by atoms with Crippen LogP contribution in [0, 0.1) is 11.7 Å². The van der Waals surface area contributed by atoms with Gasteiger partial charge in [0.15, 0.2) is 11.6 Å². The first kappa shape index (κ1) is 13.7. The van der Waals surface area contributed by atoms with Crippen LogP contribution < -0.4 is 15.4 Å². The van der Waals surface area contributed by atoms with Crippen LogP contribution in [0.5, 0.6) is 5.75 Å². The molecule has 0 aliphatic carbocycles. The fourth-order valence-corrected chi connectivity index (χ4v) is 1.89. The predicted octanol–water partition coefficient (Wildman–Crippen LogP) is 1.98. The average molecular weight is 274 g/mol. The number of rotatable bonds is 4. The summed E-state index contributed by atoms with van der Waals surface area (Å²) in [5.41, 5.74) is 0.219. The first-order chi connectivity index (χ1) is 9.06. The van der Waals surface area contributed by atoms with Gasteiger partial charge >= 0.3 is 6.61 Å². The summed E-state index contributed by atoms with van der Waals surface area (Å²) in [5.74, 6) is -1.86. The van der Waals surface area contributed by atoms with Crippen molar-refractivity contribution in [2.75, 3.05) is 18.4 Å². The zero-order valence-electron chi connectivity index (χ0n) is 9.96. The van der Waals surface area contributed by atoms with E-state index in [2.05, 4.69) is 15.4 Å². The lowest BCUT2D eigenvalue weighted by Gasteiger charge is -2.11. The summed E-state index contributed by atoms with van der Waals surface area (Å²) in [7, 11) is 0. The summed E-state index contributed by atoms with van der Waals surface area (Å²) < 4.78 is 41.3. The molecular weight excluding hydrogens is 261 g/mol. The van der Waals surface area contributed by atoms with Crippen molar-refractivity contribution in [3.05, 3.63) is 24.0 Å². The molecule has 1 aliphatic heterocycles. The Hall–Kier alpha value is -1.76. The highest BCUT2D eigenvalue weighted by Gasteiger charge is 2.22. The number of alkyl halides is 2. The maximum atomic E-state index is 13.4. The van der Waals surface area contributed by atoms with E-state index in [1.165, 1.54) is 6.07 Å². The summed E-state index contributed by atoms with van der Waals surface area (Å²) in [5, 5.41) is 5.59. The second kappa shape index (κ2) is 5.92. The number of carbonyl (C=O) groups is 1. The standard InChI is InChI=1S/C12H13F3N2O2/c13-9-5-8(1-2-10(9)19-12(14)15)17-11(18)7-3-4-16-6-7/h1-2,5,7,12,16H,3-4,6H2,(H,17,18). The molecule has 2 rings (SSSR count). The Morgan fingerprint density at radius 2 is 2.26 bits per heavy atom. The van der Waals surface area contributed by atoms with Crippen molar-refractivity contribution >= 4 is 11.6 Å². The van der Waals surface area contributed by atoms with E-state index in [1.807, 2.05) is 0 Å². The molecule has 0 aromatic heterocycles. The van der Waals surface area contributed by atoms with Gasteiger partial charge in [-0.3, -0.25) is 4.79 Å². The Labute approximate surface area is 107 Å². The Morgan fingerprint density at radius 1 is 1.47 bits per heavy atom. The minimum atomic E-state index is -3.08. The monoisotopic (exact) mass is 274 g/mol.